The minimum absolute atomic E-state index is 0.0856. The van der Waals surface area contributed by atoms with E-state index in [0.29, 0.717) is 32.1 Å². The van der Waals surface area contributed by atoms with Gasteiger partial charge in [-0.3, -0.25) is 38.5 Å². The van der Waals surface area contributed by atoms with E-state index in [9.17, 15) is 43.5 Å². The lowest BCUT2D eigenvalue weighted by atomic mass is 9.89. The quantitative estimate of drug-likeness (QED) is 0.0652. The minimum atomic E-state index is -1.18. The van der Waals surface area contributed by atoms with Crippen LogP contribution in [0.3, 0.4) is 0 Å². The van der Waals surface area contributed by atoms with Crippen molar-refractivity contribution in [3.63, 3.8) is 0 Å². The number of ether oxygens (including phenoxy) is 2. The fourth-order valence-electron chi connectivity index (χ4n) is 9.21. The maximum Gasteiger partial charge on any atom is 0.326 e. The van der Waals surface area contributed by atoms with E-state index in [1.54, 1.807) is 55.1 Å². The summed E-state index contributed by atoms with van der Waals surface area (Å²) >= 11 is 0. The number of carboxylic acids is 1. The number of nitrogens with one attached hydrogen (secondary N) is 2. The van der Waals surface area contributed by atoms with Gasteiger partial charge in [0, 0.05) is 66.4 Å². The molecule has 1 fully saturated rings. The number of aliphatic carboxylic acids is 1. The summed E-state index contributed by atoms with van der Waals surface area (Å²) in [6, 6.07) is 4.73. The molecule has 5 unspecified atom stereocenters. The summed E-state index contributed by atoms with van der Waals surface area (Å²) in [4.78, 5) is 112. The van der Waals surface area contributed by atoms with Gasteiger partial charge in [-0.25, -0.2) is 4.79 Å². The number of carboxylic acid groups (broad SMARTS) is 1. The zero-order valence-corrected chi connectivity index (χ0v) is 41.5. The van der Waals surface area contributed by atoms with Gasteiger partial charge in [-0.05, 0) is 42.6 Å². The van der Waals surface area contributed by atoms with Crippen LogP contribution >= 0.6 is 0 Å². The molecular formula is C50H76N6O11. The fourth-order valence-corrected chi connectivity index (χ4v) is 9.21. The second-order valence-electron chi connectivity index (χ2n) is 18.8. The third-order valence-electron chi connectivity index (χ3n) is 13.3. The molecule has 1 aromatic rings. The van der Waals surface area contributed by atoms with E-state index >= 15 is 0 Å². The fraction of sp³-hybridized carbons (Fsp3) is 0.640. The van der Waals surface area contributed by atoms with E-state index in [2.05, 4.69) is 17.2 Å². The van der Waals surface area contributed by atoms with Crippen molar-refractivity contribution >= 4 is 47.3 Å². The smallest absolute Gasteiger partial charge is 0.326 e. The number of carbonyl (C=O) groups excluding carboxylic acids is 7. The Hall–Kier alpha value is -5.42. The molecule has 0 aromatic heterocycles. The Kier molecular flexibility index (Phi) is 21.9. The van der Waals surface area contributed by atoms with E-state index in [1.807, 2.05) is 47.6 Å². The van der Waals surface area contributed by atoms with Crippen LogP contribution in [0.4, 0.5) is 0 Å². The first-order chi connectivity index (χ1) is 31.6. The first-order valence-corrected chi connectivity index (χ1v) is 23.5. The van der Waals surface area contributed by atoms with Gasteiger partial charge in [0.25, 0.3) is 11.8 Å². The molecule has 1 aromatic carbocycles. The predicted molar refractivity (Wildman–Crippen MR) is 253 cm³/mol. The number of likely N-dealkylation sites (tertiary alicyclic amines) is 1. The Morgan fingerprint density at radius 1 is 0.851 bits per heavy atom. The van der Waals surface area contributed by atoms with Crippen LogP contribution in [0.15, 0.2) is 54.6 Å². The second kappa shape index (κ2) is 26.2. The van der Waals surface area contributed by atoms with Crippen molar-refractivity contribution in [2.24, 2.45) is 23.7 Å². The van der Waals surface area contributed by atoms with Crippen molar-refractivity contribution < 1.29 is 52.9 Å². The highest BCUT2D eigenvalue weighted by Gasteiger charge is 2.44. The molecule has 7 amide bonds. The number of unbranched alkanes of at least 4 members (excludes halogenated alkanes) is 2. The Labute approximate surface area is 397 Å². The van der Waals surface area contributed by atoms with Gasteiger partial charge in [-0.1, -0.05) is 104 Å². The van der Waals surface area contributed by atoms with Crippen molar-refractivity contribution in [1.82, 2.24) is 30.2 Å². The molecule has 3 N–H and O–H groups in total. The van der Waals surface area contributed by atoms with Crippen LogP contribution in [0, 0.1) is 23.7 Å². The van der Waals surface area contributed by atoms with Crippen molar-refractivity contribution in [1.29, 1.82) is 0 Å². The Morgan fingerprint density at radius 2 is 1.48 bits per heavy atom. The molecule has 0 aliphatic carbocycles. The first-order valence-electron chi connectivity index (χ1n) is 23.5. The number of methoxy groups -OCH3 is 2. The number of carbonyl (C=O) groups is 8. The van der Waals surface area contributed by atoms with Crippen LogP contribution < -0.4 is 10.6 Å². The number of amides is 7. The lowest BCUT2D eigenvalue weighted by molar-refractivity contribution is -0.149. The molecule has 372 valence electrons. The summed E-state index contributed by atoms with van der Waals surface area (Å²) in [5, 5.41) is 15.6. The maximum absolute atomic E-state index is 14.6. The molecule has 0 radical (unpaired) electrons. The van der Waals surface area contributed by atoms with Gasteiger partial charge in [0.1, 0.15) is 18.1 Å². The lowest BCUT2D eigenvalue weighted by Gasteiger charge is -2.41. The van der Waals surface area contributed by atoms with Gasteiger partial charge in [-0.2, -0.15) is 0 Å². The van der Waals surface area contributed by atoms with Crippen molar-refractivity contribution in [2.45, 2.75) is 142 Å². The van der Waals surface area contributed by atoms with Gasteiger partial charge in [0.15, 0.2) is 0 Å². The average molecular weight is 937 g/mol. The largest absolute Gasteiger partial charge is 0.480 e. The lowest BCUT2D eigenvalue weighted by Crippen LogP contribution is -2.60. The summed E-state index contributed by atoms with van der Waals surface area (Å²) in [6.45, 7) is 17.5. The van der Waals surface area contributed by atoms with Crippen molar-refractivity contribution in [3.8, 4) is 0 Å². The Morgan fingerprint density at radius 3 is 2.01 bits per heavy atom. The molecule has 0 saturated carbocycles. The van der Waals surface area contributed by atoms with Crippen molar-refractivity contribution in [3.05, 3.63) is 60.2 Å². The summed E-state index contributed by atoms with van der Waals surface area (Å²) < 4.78 is 11.9. The van der Waals surface area contributed by atoms with Crippen LogP contribution in [-0.2, 0) is 54.3 Å². The van der Waals surface area contributed by atoms with Crippen LogP contribution in [0.1, 0.15) is 99.0 Å². The summed E-state index contributed by atoms with van der Waals surface area (Å²) in [5.41, 5.74) is 1.51. The maximum atomic E-state index is 14.6. The van der Waals surface area contributed by atoms with E-state index in [1.165, 1.54) is 36.2 Å². The molecular weight excluding hydrogens is 861 g/mol. The summed E-state index contributed by atoms with van der Waals surface area (Å²) in [7, 11) is 6.15. The van der Waals surface area contributed by atoms with E-state index in [4.69, 9.17) is 9.47 Å². The number of nitrogens with zero attached hydrogens (tertiary/aromatic N) is 4. The Bertz CT molecular complexity index is 1920. The molecule has 9 atom stereocenters. The summed E-state index contributed by atoms with van der Waals surface area (Å²) in [6.07, 6.45) is 3.62. The highest BCUT2D eigenvalue weighted by molar-refractivity contribution is 6.12. The molecule has 17 nitrogen and oxygen atoms in total. The highest BCUT2D eigenvalue weighted by atomic mass is 16.5. The van der Waals surface area contributed by atoms with Gasteiger partial charge in [0.2, 0.25) is 29.5 Å². The van der Waals surface area contributed by atoms with E-state index < -0.39 is 66.1 Å². The van der Waals surface area contributed by atoms with Crippen LogP contribution in [0.2, 0.25) is 0 Å². The molecule has 17 heteroatoms. The number of imide groups is 1. The standard InChI is InChI=1S/C50H76N6O11/c1-13-33(7)45(54(10)49(63)43(30(2)3)52-48(62)44(31(4)5)53(9)39(57)22-18-15-19-25-55-40(58)23-24-41(55)59)38(66-11)28-42(60)56-29-32(6)26-37(56)46(67-12)34(8)47(61)51-36(50(64)65)27-35-20-16-14-17-21-35/h14,16-17,20-21,23-24,30-31,33-34,36-38,43-46H,6,13,15,18-19,22,25-29H2,1-5,7-12H3,(H,51,61)(H,52,62)(H,64,65)/t33?,34-,36+,37+,38?,43+,44?,45?,46?/m1/s1. The van der Waals surface area contributed by atoms with Crippen LogP contribution in [-0.4, -0.2) is 156 Å². The van der Waals surface area contributed by atoms with E-state index in [-0.39, 0.29) is 79.6 Å². The second-order valence-corrected chi connectivity index (χ2v) is 18.8. The SMILES string of the molecule is C=C1C[C@@H](C(OC)[C@@H](C)C(=O)N[C@@H](Cc2ccccc2)C(=O)O)N(C(=O)CC(OC)C(C(C)CC)N(C)C(=O)[C@@H](NC(=O)C(C(C)C)N(C)C(=O)CCCCCN2C(=O)C=CC2=O)C(C)C)C1. The van der Waals surface area contributed by atoms with Gasteiger partial charge in [0.05, 0.1) is 36.6 Å². The van der Waals surface area contributed by atoms with Crippen molar-refractivity contribution in [2.75, 3.05) is 41.4 Å². The molecule has 2 aliphatic heterocycles. The molecule has 2 aliphatic rings. The normalized spacial score (nSPS) is 18.6. The molecule has 0 bridgehead atoms. The molecule has 3 rings (SSSR count). The molecule has 1 saturated heterocycles. The topological polar surface area (TPSA) is 212 Å². The predicted octanol–water partition coefficient (Wildman–Crippen LogP) is 3.99. The number of benzene rings is 1. The number of hydrogen-bond donors (Lipinski definition) is 3. The highest BCUT2D eigenvalue weighted by Crippen LogP contribution is 2.31. The summed E-state index contributed by atoms with van der Waals surface area (Å²) in [5.74, 6) is -5.49. The zero-order valence-electron chi connectivity index (χ0n) is 41.5. The minimum Gasteiger partial charge on any atom is -0.480 e. The zero-order chi connectivity index (χ0) is 50.3. The van der Waals surface area contributed by atoms with Gasteiger partial charge >= 0.3 is 5.97 Å². The van der Waals surface area contributed by atoms with Crippen LogP contribution in [0.5, 0.6) is 0 Å². The van der Waals surface area contributed by atoms with Crippen LogP contribution in [0.25, 0.3) is 0 Å². The third kappa shape index (κ3) is 15.0. The third-order valence-corrected chi connectivity index (χ3v) is 13.3. The number of rotatable bonds is 27. The Balaban J connectivity index is 1.74. The average Bonchev–Trinajstić information content (AvgIpc) is 3.83. The van der Waals surface area contributed by atoms with Gasteiger partial charge in [-0.15, -0.1) is 0 Å². The molecule has 2 heterocycles. The molecule has 67 heavy (non-hydrogen) atoms. The van der Waals surface area contributed by atoms with Gasteiger partial charge < -0.3 is 39.9 Å². The number of hydrogen-bond acceptors (Lipinski definition) is 10. The molecule has 0 spiro atoms. The first kappa shape index (κ1) is 55.9. The monoisotopic (exact) mass is 937 g/mol. The van der Waals surface area contributed by atoms with E-state index in [0.717, 1.165) is 11.1 Å². The number of likely N-dealkylation sites (N-methyl/N-ethyl adjacent to an activating group) is 2.